The van der Waals surface area contributed by atoms with Gasteiger partial charge in [0, 0.05) is 5.92 Å². The van der Waals surface area contributed by atoms with Crippen molar-refractivity contribution in [2.24, 2.45) is 11.8 Å². The predicted molar refractivity (Wildman–Crippen MR) is 97.8 cm³/mol. The second-order valence-electron chi connectivity index (χ2n) is 8.26. The van der Waals surface area contributed by atoms with Crippen LogP contribution in [0, 0.1) is 11.8 Å². The molecular weight excluding hydrogens is 284 g/mol. The molecule has 2 atom stereocenters. The Bertz CT molecular complexity index is 629. The van der Waals surface area contributed by atoms with Crippen LogP contribution in [-0.4, -0.2) is 15.2 Å². The molecule has 0 amide bonds. The molecule has 0 spiro atoms. The van der Waals surface area contributed by atoms with Gasteiger partial charge in [0.2, 0.25) is 0 Å². The molecule has 2 heteroatoms. The second-order valence-corrected chi connectivity index (χ2v) is 13.6. The van der Waals surface area contributed by atoms with Gasteiger partial charge < -0.3 is 4.74 Å². The van der Waals surface area contributed by atoms with E-state index in [0.29, 0.717) is 16.9 Å². The maximum atomic E-state index is 5.32. The van der Waals surface area contributed by atoms with Crippen LogP contribution in [0.3, 0.4) is 0 Å². The minimum atomic E-state index is -1.50. The third kappa shape index (κ3) is 2.28. The van der Waals surface area contributed by atoms with Gasteiger partial charge in [-0.25, -0.2) is 0 Å². The Labute approximate surface area is 136 Å². The Balaban J connectivity index is 2.12. The molecule has 118 valence electrons. The van der Waals surface area contributed by atoms with E-state index in [1.54, 1.807) is 17.9 Å². The largest absolute Gasteiger partial charge is 0.497 e. The van der Waals surface area contributed by atoms with Gasteiger partial charge in [0.25, 0.3) is 0 Å². The summed E-state index contributed by atoms with van der Waals surface area (Å²) in [5, 5.41) is 2.18. The fourth-order valence-corrected chi connectivity index (χ4v) is 6.82. The molecule has 0 radical (unpaired) electrons. The van der Waals surface area contributed by atoms with E-state index in [9.17, 15) is 0 Å². The van der Waals surface area contributed by atoms with Gasteiger partial charge in [-0.2, -0.15) is 0 Å². The highest BCUT2D eigenvalue weighted by Gasteiger charge is 2.48. The van der Waals surface area contributed by atoms with Crippen LogP contribution < -0.4 is 4.74 Å². The Morgan fingerprint density at radius 2 is 1.59 bits per heavy atom. The van der Waals surface area contributed by atoms with E-state index in [-0.39, 0.29) is 0 Å². The topological polar surface area (TPSA) is 9.23 Å². The van der Waals surface area contributed by atoms with Crippen molar-refractivity contribution >= 4 is 13.6 Å². The quantitative estimate of drug-likeness (QED) is 0.513. The van der Waals surface area contributed by atoms with Gasteiger partial charge in [0.15, 0.2) is 0 Å². The van der Waals surface area contributed by atoms with Crippen molar-refractivity contribution in [2.75, 3.05) is 7.11 Å². The van der Waals surface area contributed by atoms with Crippen molar-refractivity contribution in [1.29, 1.82) is 0 Å². The summed E-state index contributed by atoms with van der Waals surface area (Å²) in [6.07, 6.45) is 6.19. The molecule has 2 aliphatic carbocycles. The highest BCUT2D eigenvalue weighted by Crippen LogP contribution is 2.56. The fourth-order valence-electron chi connectivity index (χ4n) is 3.87. The molecule has 0 N–H and O–H groups in total. The van der Waals surface area contributed by atoms with Gasteiger partial charge in [-0.15, -0.1) is 0 Å². The van der Waals surface area contributed by atoms with Crippen LogP contribution >= 0.6 is 0 Å². The molecule has 3 rings (SSSR count). The monoisotopic (exact) mass is 312 g/mol. The number of benzene rings is 1. The molecule has 1 aromatic carbocycles. The average molecular weight is 313 g/mol. The predicted octanol–water partition coefficient (Wildman–Crippen LogP) is 5.70. The molecule has 0 fully saturated rings. The molecule has 0 saturated heterocycles. The summed E-state index contributed by atoms with van der Waals surface area (Å²) in [4.78, 5) is 0. The highest BCUT2D eigenvalue weighted by molar-refractivity contribution is 6.87. The van der Waals surface area contributed by atoms with Gasteiger partial charge in [-0.05, 0) is 40.6 Å². The summed E-state index contributed by atoms with van der Waals surface area (Å²) < 4.78 is 5.32. The molecule has 1 nitrogen and oxygen atoms in total. The van der Waals surface area contributed by atoms with Gasteiger partial charge in [0.05, 0.1) is 15.2 Å². The van der Waals surface area contributed by atoms with Gasteiger partial charge in [-0.3, -0.25) is 0 Å². The molecule has 0 aromatic heterocycles. The number of fused-ring (bicyclic) bond motifs is 2. The van der Waals surface area contributed by atoms with E-state index in [4.69, 9.17) is 4.74 Å². The number of hydrogen-bond acceptors (Lipinski definition) is 1. The Morgan fingerprint density at radius 3 is 2.14 bits per heavy atom. The zero-order valence-corrected chi connectivity index (χ0v) is 15.7. The molecule has 2 aliphatic rings. The summed E-state index contributed by atoms with van der Waals surface area (Å²) in [5.41, 5.74) is 3.03. The zero-order valence-electron chi connectivity index (χ0n) is 14.7. The lowest BCUT2D eigenvalue weighted by atomic mass is 9.95. The molecular formula is C20H28OSi. The van der Waals surface area contributed by atoms with Crippen molar-refractivity contribution in [3.8, 4) is 5.75 Å². The van der Waals surface area contributed by atoms with Crippen LogP contribution in [0.2, 0.25) is 18.1 Å². The summed E-state index contributed by atoms with van der Waals surface area (Å²) >= 11 is 0. The van der Waals surface area contributed by atoms with Crippen LogP contribution in [0.5, 0.6) is 5.75 Å². The average Bonchev–Trinajstić information content (AvgIpc) is 3.07. The van der Waals surface area contributed by atoms with Crippen LogP contribution in [0.4, 0.5) is 0 Å². The normalized spacial score (nSPS) is 24.3. The molecule has 0 heterocycles. The van der Waals surface area contributed by atoms with E-state index in [1.807, 2.05) is 0 Å². The third-order valence-corrected chi connectivity index (χ3v) is 11.8. The first kappa shape index (κ1) is 15.6. The van der Waals surface area contributed by atoms with Crippen LogP contribution in [0.1, 0.15) is 32.8 Å². The van der Waals surface area contributed by atoms with Gasteiger partial charge >= 0.3 is 0 Å². The number of methoxy groups -OCH3 is 1. The van der Waals surface area contributed by atoms with Gasteiger partial charge in [0.1, 0.15) is 5.75 Å². The van der Waals surface area contributed by atoms with E-state index in [2.05, 4.69) is 70.3 Å². The van der Waals surface area contributed by atoms with Gasteiger partial charge in [-0.1, -0.05) is 63.3 Å². The first-order chi connectivity index (χ1) is 10.3. The Morgan fingerprint density at radius 1 is 1.00 bits per heavy atom. The fraction of sp³-hybridized carbons (Fsp3) is 0.500. The molecule has 2 bridgehead atoms. The molecule has 1 aromatic rings. The maximum absolute atomic E-state index is 5.32. The molecule has 2 unspecified atom stereocenters. The Hall–Kier alpha value is -1.28. The number of hydrogen-bond donors (Lipinski definition) is 0. The summed E-state index contributed by atoms with van der Waals surface area (Å²) in [6.45, 7) is 12.4. The summed E-state index contributed by atoms with van der Waals surface area (Å²) in [5.74, 6) is 2.25. The van der Waals surface area contributed by atoms with Crippen LogP contribution in [0.25, 0.3) is 5.57 Å². The maximum Gasteiger partial charge on any atom is 0.118 e. The van der Waals surface area contributed by atoms with Crippen LogP contribution in [-0.2, 0) is 0 Å². The molecule has 0 saturated carbocycles. The molecule has 22 heavy (non-hydrogen) atoms. The smallest absolute Gasteiger partial charge is 0.118 e. The zero-order chi connectivity index (χ0) is 16.1. The minimum absolute atomic E-state index is 0.387. The van der Waals surface area contributed by atoms with E-state index in [1.165, 1.54) is 12.0 Å². The third-order valence-electron chi connectivity index (χ3n) is 6.06. The van der Waals surface area contributed by atoms with Crippen molar-refractivity contribution < 1.29 is 4.74 Å². The van der Waals surface area contributed by atoms with Crippen molar-refractivity contribution in [2.45, 2.75) is 45.3 Å². The lowest BCUT2D eigenvalue weighted by Crippen LogP contribution is -2.41. The Kier molecular flexibility index (Phi) is 3.63. The standard InChI is InChI=1S/C20H28OSi/c1-20(2,3)22(5,6)19-16-8-7-15(13-16)18(19)14-9-11-17(21-4)12-10-14/h7-12,15-16H,13H2,1-6H3. The van der Waals surface area contributed by atoms with Crippen molar-refractivity contribution in [3.05, 3.63) is 47.2 Å². The summed E-state index contributed by atoms with van der Waals surface area (Å²) in [7, 11) is 0.236. The first-order valence-electron chi connectivity index (χ1n) is 8.33. The summed E-state index contributed by atoms with van der Waals surface area (Å²) in [6, 6.07) is 8.69. The second kappa shape index (κ2) is 5.12. The highest BCUT2D eigenvalue weighted by atomic mass is 28.3. The SMILES string of the molecule is COc1ccc(C2=C([Si](C)(C)C(C)(C)C)C3C=CC2C3)cc1. The lowest BCUT2D eigenvalue weighted by Gasteiger charge is -2.41. The van der Waals surface area contributed by atoms with E-state index >= 15 is 0 Å². The minimum Gasteiger partial charge on any atom is -0.497 e. The van der Waals surface area contributed by atoms with E-state index < -0.39 is 8.07 Å². The first-order valence-corrected chi connectivity index (χ1v) is 11.3. The van der Waals surface area contributed by atoms with Crippen molar-refractivity contribution in [1.82, 2.24) is 0 Å². The lowest BCUT2D eigenvalue weighted by molar-refractivity contribution is 0.415. The van der Waals surface area contributed by atoms with Crippen molar-refractivity contribution in [3.63, 3.8) is 0 Å². The number of rotatable bonds is 3. The number of allylic oxidation sites excluding steroid dienone is 4. The van der Waals surface area contributed by atoms with Crippen LogP contribution in [0.15, 0.2) is 41.6 Å². The van der Waals surface area contributed by atoms with E-state index in [0.717, 1.165) is 5.75 Å². The molecule has 0 aliphatic heterocycles. The number of ether oxygens (including phenoxy) is 1.